The predicted molar refractivity (Wildman–Crippen MR) is 295 cm³/mol. The van der Waals surface area contributed by atoms with Gasteiger partial charge in [-0.2, -0.15) is 0 Å². The van der Waals surface area contributed by atoms with Gasteiger partial charge in [0.1, 0.15) is 11.6 Å². The smallest absolute Gasteiger partial charge is 0.137 e. The summed E-state index contributed by atoms with van der Waals surface area (Å²) >= 11 is 0. The Morgan fingerprint density at radius 3 is 0.817 bits per heavy atom. The molecule has 3 heterocycles. The summed E-state index contributed by atoms with van der Waals surface area (Å²) in [6.07, 6.45) is 3.96. The van der Waals surface area contributed by atoms with Gasteiger partial charge in [0, 0.05) is 62.0 Å². The third-order valence-electron chi connectivity index (χ3n) is 12.8. The lowest BCUT2D eigenvalue weighted by atomic mass is 10.1. The van der Waals surface area contributed by atoms with E-state index < -0.39 is 0 Å². The Morgan fingerprint density at radius 2 is 0.521 bits per heavy atom. The number of rotatable bonds is 13. The van der Waals surface area contributed by atoms with Crippen LogP contribution in [-0.2, 0) is 0 Å². The quantitative estimate of drug-likeness (QED) is 0.115. The highest BCUT2D eigenvalue weighted by atomic mass is 15.2. The molecule has 0 atom stereocenters. The zero-order valence-electron chi connectivity index (χ0n) is 38.8. The molecule has 0 N–H and O–H groups in total. The van der Waals surface area contributed by atoms with Crippen molar-refractivity contribution in [2.45, 2.75) is 0 Å². The summed E-state index contributed by atoms with van der Waals surface area (Å²) in [4.78, 5) is 19.3. The van der Waals surface area contributed by atoms with Gasteiger partial charge in [-0.1, -0.05) is 127 Å². The zero-order valence-corrected chi connectivity index (χ0v) is 38.8. The van der Waals surface area contributed by atoms with Gasteiger partial charge in [0.15, 0.2) is 0 Å². The molecule has 0 saturated carbocycles. The Morgan fingerprint density at radius 1 is 0.239 bits per heavy atom. The highest BCUT2D eigenvalue weighted by Crippen LogP contribution is 2.44. The van der Waals surface area contributed by atoms with Gasteiger partial charge in [0.05, 0.1) is 34.8 Å². The molecular formula is C64H47N7. The molecule has 0 spiro atoms. The van der Waals surface area contributed by atoms with Crippen molar-refractivity contribution in [3.05, 3.63) is 285 Å². The number of pyridine rings is 2. The number of anilines is 12. The molecule has 0 aliphatic rings. The van der Waals surface area contributed by atoms with Crippen LogP contribution in [0.2, 0.25) is 0 Å². The number of benzene rings is 9. The minimum Gasteiger partial charge on any atom is -0.309 e. The maximum atomic E-state index is 5.16. The van der Waals surface area contributed by atoms with Crippen LogP contribution in [0.25, 0.3) is 27.5 Å². The molecule has 3 aromatic heterocycles. The fourth-order valence-corrected chi connectivity index (χ4v) is 9.60. The minimum atomic E-state index is 0.825. The van der Waals surface area contributed by atoms with Crippen molar-refractivity contribution in [3.8, 4) is 5.69 Å². The molecule has 7 heteroatoms. The van der Waals surface area contributed by atoms with E-state index in [0.29, 0.717) is 0 Å². The molecule has 0 amide bonds. The van der Waals surface area contributed by atoms with Crippen molar-refractivity contribution in [2.75, 3.05) is 19.6 Å². The highest BCUT2D eigenvalue weighted by Gasteiger charge is 2.22. The van der Waals surface area contributed by atoms with Gasteiger partial charge in [0.2, 0.25) is 0 Å². The SMILES string of the molecule is c1ccc(N(c2ccc(N(c3ccccc3)c3ccccc3)nc2)c2ccc3c(c2)c2cc(N(c4ccccc4)c4ccc(N(c5ccccc5)c5ccccc5)nc4)ccc2n3-c2ccccc2)cc1. The van der Waals surface area contributed by atoms with Gasteiger partial charge in [-0.3, -0.25) is 9.80 Å². The largest absolute Gasteiger partial charge is 0.309 e. The van der Waals surface area contributed by atoms with Crippen molar-refractivity contribution in [1.29, 1.82) is 0 Å². The second kappa shape index (κ2) is 19.1. The molecule has 0 saturated heterocycles. The minimum absolute atomic E-state index is 0.825. The molecule has 338 valence electrons. The van der Waals surface area contributed by atoms with Gasteiger partial charge in [-0.25, -0.2) is 9.97 Å². The third kappa shape index (κ3) is 8.38. The van der Waals surface area contributed by atoms with Crippen molar-refractivity contribution < 1.29 is 0 Å². The van der Waals surface area contributed by atoms with Crippen LogP contribution in [0.4, 0.5) is 68.5 Å². The zero-order chi connectivity index (χ0) is 47.3. The number of fused-ring (bicyclic) bond motifs is 3. The molecule has 0 aliphatic heterocycles. The number of aromatic nitrogens is 3. The number of hydrogen-bond acceptors (Lipinski definition) is 6. The summed E-state index contributed by atoms with van der Waals surface area (Å²) in [6.45, 7) is 0. The normalized spacial score (nSPS) is 11.1. The second-order valence-corrected chi connectivity index (χ2v) is 17.2. The van der Waals surface area contributed by atoms with E-state index in [1.807, 2.05) is 36.7 Å². The van der Waals surface area contributed by atoms with Crippen LogP contribution in [0.5, 0.6) is 0 Å². The Balaban J connectivity index is 0.993. The topological polar surface area (TPSA) is 43.7 Å². The summed E-state index contributed by atoms with van der Waals surface area (Å²) in [5.41, 5.74) is 13.4. The first-order valence-electron chi connectivity index (χ1n) is 23.8. The highest BCUT2D eigenvalue weighted by molar-refractivity contribution is 6.12. The molecule has 0 aliphatic carbocycles. The van der Waals surface area contributed by atoms with Crippen molar-refractivity contribution >= 4 is 90.3 Å². The maximum Gasteiger partial charge on any atom is 0.137 e. The monoisotopic (exact) mass is 913 g/mol. The molecule has 7 nitrogen and oxygen atoms in total. The van der Waals surface area contributed by atoms with Crippen molar-refractivity contribution in [3.63, 3.8) is 0 Å². The first-order chi connectivity index (χ1) is 35.2. The molecule has 0 bridgehead atoms. The van der Waals surface area contributed by atoms with Crippen LogP contribution in [-0.4, -0.2) is 14.5 Å². The average molecular weight is 914 g/mol. The van der Waals surface area contributed by atoms with Crippen molar-refractivity contribution in [2.24, 2.45) is 0 Å². The second-order valence-electron chi connectivity index (χ2n) is 17.2. The Hall–Kier alpha value is -9.72. The van der Waals surface area contributed by atoms with Crippen LogP contribution in [0.15, 0.2) is 285 Å². The van der Waals surface area contributed by atoms with Gasteiger partial charge in [-0.05, 0) is 146 Å². The molecule has 12 aromatic rings. The van der Waals surface area contributed by atoms with Crippen LogP contribution in [0.3, 0.4) is 0 Å². The van der Waals surface area contributed by atoms with E-state index in [0.717, 1.165) is 96.0 Å². The first-order valence-corrected chi connectivity index (χ1v) is 23.8. The molecule has 9 aromatic carbocycles. The molecule has 0 radical (unpaired) electrons. The first kappa shape index (κ1) is 42.6. The molecule has 12 rings (SSSR count). The summed E-state index contributed by atoms with van der Waals surface area (Å²) in [7, 11) is 0. The summed E-state index contributed by atoms with van der Waals surface area (Å²) < 4.78 is 2.37. The van der Waals surface area contributed by atoms with Crippen molar-refractivity contribution in [1.82, 2.24) is 14.5 Å². The fraction of sp³-hybridized carbons (Fsp3) is 0. The van der Waals surface area contributed by atoms with E-state index in [9.17, 15) is 0 Å². The van der Waals surface area contributed by atoms with Crippen LogP contribution in [0.1, 0.15) is 0 Å². The van der Waals surface area contributed by atoms with E-state index >= 15 is 0 Å². The van der Waals surface area contributed by atoms with E-state index in [4.69, 9.17) is 9.97 Å². The van der Waals surface area contributed by atoms with Gasteiger partial charge < -0.3 is 14.4 Å². The van der Waals surface area contributed by atoms with Gasteiger partial charge in [0.25, 0.3) is 0 Å². The van der Waals surface area contributed by atoms with Gasteiger partial charge in [-0.15, -0.1) is 0 Å². The van der Waals surface area contributed by atoms with Crippen LogP contribution < -0.4 is 19.6 Å². The summed E-state index contributed by atoms with van der Waals surface area (Å²) in [5, 5.41) is 2.24. The van der Waals surface area contributed by atoms with Crippen LogP contribution >= 0.6 is 0 Å². The number of hydrogen-bond donors (Lipinski definition) is 0. The van der Waals surface area contributed by atoms with Gasteiger partial charge >= 0.3 is 0 Å². The van der Waals surface area contributed by atoms with E-state index in [-0.39, 0.29) is 0 Å². The Labute approximate surface area is 413 Å². The molecule has 0 unspecified atom stereocenters. The number of para-hydroxylation sites is 7. The summed E-state index contributed by atoms with van der Waals surface area (Å²) in [6, 6.07) is 95.4. The predicted octanol–water partition coefficient (Wildman–Crippen LogP) is 17.5. The lowest BCUT2D eigenvalue weighted by Crippen LogP contribution is -2.13. The third-order valence-corrected chi connectivity index (χ3v) is 12.8. The standard InChI is InChI=1S/C64H47N7/c1-8-22-48(23-9-1)67(57-38-42-63(65-46-57)69(50-26-12-3-13-27-50)51-28-14-4-15-29-51)55-36-40-61-59(44-55)60-45-56(37-41-62(60)71(61)54-34-20-7-21-35-54)68(49-24-10-2-11-25-49)58-39-43-64(66-47-58)70(52-30-16-5-17-31-52)53-32-18-6-19-33-53/h1-47H. The Kier molecular flexibility index (Phi) is 11.5. The van der Waals surface area contributed by atoms with E-state index in [2.05, 4.69) is 273 Å². The Bertz CT molecular complexity index is 3360. The maximum absolute atomic E-state index is 5.16. The van der Waals surface area contributed by atoms with E-state index in [1.165, 1.54) is 0 Å². The molecule has 71 heavy (non-hydrogen) atoms. The average Bonchev–Trinajstić information content (AvgIpc) is 3.77. The molecule has 0 fully saturated rings. The lowest BCUT2D eigenvalue weighted by Gasteiger charge is -2.27. The summed E-state index contributed by atoms with van der Waals surface area (Å²) in [5.74, 6) is 1.65. The van der Waals surface area contributed by atoms with Crippen LogP contribution in [0, 0.1) is 0 Å². The number of nitrogens with zero attached hydrogens (tertiary/aromatic N) is 7. The fourth-order valence-electron chi connectivity index (χ4n) is 9.60. The lowest BCUT2D eigenvalue weighted by molar-refractivity contribution is 1.16. The molecular weight excluding hydrogens is 867 g/mol. The van der Waals surface area contributed by atoms with E-state index in [1.54, 1.807) is 0 Å².